The number of nitrogens with one attached hydrogen (secondary N) is 1. The van der Waals surface area contributed by atoms with Crippen LogP contribution in [0.25, 0.3) is 0 Å². The maximum absolute atomic E-state index is 12.4. The zero-order valence-electron chi connectivity index (χ0n) is 11.3. The van der Waals surface area contributed by atoms with Gasteiger partial charge < -0.3 is 14.4 Å². The maximum atomic E-state index is 12.4. The van der Waals surface area contributed by atoms with E-state index in [-0.39, 0.29) is 23.1 Å². The van der Waals surface area contributed by atoms with Crippen molar-refractivity contribution in [3.05, 3.63) is 46.0 Å². The van der Waals surface area contributed by atoms with Crippen LogP contribution in [0.4, 0.5) is 0 Å². The van der Waals surface area contributed by atoms with E-state index in [1.165, 1.54) is 12.3 Å². The number of carbonyl (C=O) groups excluding carboxylic acids is 1. The second-order valence-corrected chi connectivity index (χ2v) is 5.62. The van der Waals surface area contributed by atoms with Crippen LogP contribution in [-0.2, 0) is 0 Å². The molecule has 1 saturated heterocycles. The van der Waals surface area contributed by atoms with E-state index in [0.717, 1.165) is 18.5 Å². The number of carbonyl (C=O) groups is 1. The fourth-order valence-electron chi connectivity index (χ4n) is 2.56. The lowest BCUT2D eigenvalue weighted by Gasteiger charge is -2.37. The van der Waals surface area contributed by atoms with Gasteiger partial charge in [-0.05, 0) is 12.8 Å². The van der Waals surface area contributed by atoms with Gasteiger partial charge in [-0.15, -0.1) is 0 Å². The summed E-state index contributed by atoms with van der Waals surface area (Å²) >= 11 is 0. The predicted octanol–water partition coefficient (Wildman–Crippen LogP) is 0.875. The zero-order chi connectivity index (χ0) is 14.4. The fourth-order valence-corrected chi connectivity index (χ4v) is 2.56. The molecule has 1 aliphatic carbocycles. The minimum Gasteiger partial charge on any atom is -0.364 e. The van der Waals surface area contributed by atoms with E-state index >= 15 is 0 Å². The van der Waals surface area contributed by atoms with Crippen LogP contribution < -0.4 is 5.56 Å². The van der Waals surface area contributed by atoms with Gasteiger partial charge in [0.25, 0.3) is 11.5 Å². The van der Waals surface area contributed by atoms with E-state index in [9.17, 15) is 9.59 Å². The summed E-state index contributed by atoms with van der Waals surface area (Å²) in [5, 5.41) is 3.88. The van der Waals surface area contributed by atoms with Gasteiger partial charge in [-0.3, -0.25) is 9.59 Å². The number of hydrogen-bond acceptors (Lipinski definition) is 5. The maximum Gasteiger partial charge on any atom is 0.272 e. The Morgan fingerprint density at radius 1 is 1.33 bits per heavy atom. The molecule has 1 aliphatic heterocycles. The molecule has 4 rings (SSSR count). The first-order valence-electron chi connectivity index (χ1n) is 7.01. The van der Waals surface area contributed by atoms with Crippen molar-refractivity contribution in [3.63, 3.8) is 0 Å². The first-order valence-corrected chi connectivity index (χ1v) is 7.01. The molecule has 7 nitrogen and oxygen atoms in total. The van der Waals surface area contributed by atoms with Crippen molar-refractivity contribution in [1.82, 2.24) is 20.0 Å². The standard InChI is InChI=1S/C14H14N4O3/c19-12-5-11(15-13(16-12)8-1-2-8)14(20)18-6-9(7-18)10-3-4-21-17-10/h3-5,8-9H,1-2,6-7H2,(H,15,16,19). The molecule has 21 heavy (non-hydrogen) atoms. The smallest absolute Gasteiger partial charge is 0.272 e. The Morgan fingerprint density at radius 2 is 2.14 bits per heavy atom. The van der Waals surface area contributed by atoms with Crippen molar-refractivity contribution in [2.45, 2.75) is 24.7 Å². The largest absolute Gasteiger partial charge is 0.364 e. The van der Waals surface area contributed by atoms with Crippen LogP contribution in [0.5, 0.6) is 0 Å². The highest BCUT2D eigenvalue weighted by molar-refractivity contribution is 5.92. The third kappa shape index (κ3) is 2.24. The lowest BCUT2D eigenvalue weighted by Crippen LogP contribution is -2.49. The Labute approximate surface area is 120 Å². The molecule has 0 unspecified atom stereocenters. The minimum absolute atomic E-state index is 0.192. The topological polar surface area (TPSA) is 92.1 Å². The van der Waals surface area contributed by atoms with Gasteiger partial charge in [-0.1, -0.05) is 5.16 Å². The van der Waals surface area contributed by atoms with Crippen LogP contribution in [0.15, 0.2) is 27.7 Å². The summed E-state index contributed by atoms with van der Waals surface area (Å²) < 4.78 is 4.81. The van der Waals surface area contributed by atoms with E-state index in [2.05, 4.69) is 15.1 Å². The van der Waals surface area contributed by atoms with Crippen molar-refractivity contribution in [2.75, 3.05) is 13.1 Å². The molecule has 2 aromatic heterocycles. The summed E-state index contributed by atoms with van der Waals surface area (Å²) in [4.78, 5) is 32.7. The lowest BCUT2D eigenvalue weighted by atomic mass is 9.96. The quantitative estimate of drug-likeness (QED) is 0.904. The van der Waals surface area contributed by atoms with Crippen molar-refractivity contribution in [2.24, 2.45) is 0 Å². The zero-order valence-corrected chi connectivity index (χ0v) is 11.3. The highest BCUT2D eigenvalue weighted by atomic mass is 16.5. The van der Waals surface area contributed by atoms with E-state index in [4.69, 9.17) is 4.52 Å². The van der Waals surface area contributed by atoms with Gasteiger partial charge in [0, 0.05) is 37.1 Å². The molecular formula is C14H14N4O3. The number of aromatic amines is 1. The second kappa shape index (κ2) is 4.54. The van der Waals surface area contributed by atoms with Crippen LogP contribution >= 0.6 is 0 Å². The van der Waals surface area contributed by atoms with Gasteiger partial charge in [-0.2, -0.15) is 0 Å². The highest BCUT2D eigenvalue weighted by Gasteiger charge is 2.35. The molecule has 2 fully saturated rings. The number of H-pyrrole nitrogens is 1. The average Bonchev–Trinajstić information content (AvgIpc) is 3.14. The van der Waals surface area contributed by atoms with Crippen molar-refractivity contribution >= 4 is 5.91 Å². The SMILES string of the molecule is O=C(c1cc(=O)[nH]c(C2CC2)n1)N1CC(c2ccon2)C1. The van der Waals surface area contributed by atoms with Crippen molar-refractivity contribution in [3.8, 4) is 0 Å². The molecule has 0 bridgehead atoms. The molecule has 1 amide bonds. The van der Waals surface area contributed by atoms with Gasteiger partial charge in [0.15, 0.2) is 0 Å². The third-order valence-electron chi connectivity index (χ3n) is 3.99. The number of hydrogen-bond donors (Lipinski definition) is 1. The monoisotopic (exact) mass is 286 g/mol. The Bertz CT molecular complexity index is 727. The van der Waals surface area contributed by atoms with Gasteiger partial charge in [0.05, 0.1) is 5.69 Å². The number of amides is 1. The normalized spacial score (nSPS) is 18.6. The van der Waals surface area contributed by atoms with E-state index < -0.39 is 0 Å². The van der Waals surface area contributed by atoms with Crippen LogP contribution in [0.2, 0.25) is 0 Å². The summed E-state index contributed by atoms with van der Waals surface area (Å²) in [6, 6.07) is 3.08. The molecule has 3 heterocycles. The Kier molecular flexibility index (Phi) is 2.66. The van der Waals surface area contributed by atoms with E-state index in [1.807, 2.05) is 6.07 Å². The molecule has 0 atom stereocenters. The molecule has 1 N–H and O–H groups in total. The van der Waals surface area contributed by atoms with E-state index in [1.54, 1.807) is 4.90 Å². The summed E-state index contributed by atoms with van der Waals surface area (Å²) in [5.74, 6) is 0.962. The first-order chi connectivity index (χ1) is 10.2. The average molecular weight is 286 g/mol. The predicted molar refractivity (Wildman–Crippen MR) is 72.0 cm³/mol. The van der Waals surface area contributed by atoms with Gasteiger partial charge >= 0.3 is 0 Å². The molecule has 0 spiro atoms. The third-order valence-corrected chi connectivity index (χ3v) is 3.99. The minimum atomic E-state index is -0.260. The second-order valence-electron chi connectivity index (χ2n) is 5.62. The summed E-state index contributed by atoms with van der Waals surface area (Å²) in [6.45, 7) is 1.16. The number of likely N-dealkylation sites (tertiary alicyclic amines) is 1. The van der Waals surface area contributed by atoms with Crippen LogP contribution in [-0.4, -0.2) is 39.0 Å². The van der Waals surface area contributed by atoms with Crippen LogP contribution in [0, 0.1) is 0 Å². The number of rotatable bonds is 3. The van der Waals surface area contributed by atoms with Gasteiger partial charge in [-0.25, -0.2) is 4.98 Å². The molecule has 0 aromatic carbocycles. The summed E-state index contributed by atoms with van der Waals surface area (Å²) in [7, 11) is 0. The summed E-state index contributed by atoms with van der Waals surface area (Å²) in [6.07, 6.45) is 3.58. The Morgan fingerprint density at radius 3 is 2.81 bits per heavy atom. The highest BCUT2D eigenvalue weighted by Crippen LogP contribution is 2.37. The van der Waals surface area contributed by atoms with Crippen LogP contribution in [0.1, 0.15) is 46.7 Å². The molecule has 0 radical (unpaired) electrons. The number of nitrogens with zero attached hydrogens (tertiary/aromatic N) is 3. The van der Waals surface area contributed by atoms with Gasteiger partial charge in [0.1, 0.15) is 17.8 Å². The molecule has 2 aliphatic rings. The molecule has 2 aromatic rings. The lowest BCUT2D eigenvalue weighted by molar-refractivity contribution is 0.0588. The summed E-state index contributed by atoms with van der Waals surface area (Å²) in [5.41, 5.74) is 0.833. The van der Waals surface area contributed by atoms with Crippen LogP contribution in [0.3, 0.4) is 0 Å². The molecule has 108 valence electrons. The Hall–Kier alpha value is -2.44. The molecule has 7 heteroatoms. The van der Waals surface area contributed by atoms with E-state index in [0.29, 0.717) is 24.8 Å². The molecule has 1 saturated carbocycles. The Balaban J connectivity index is 1.50. The fraction of sp³-hybridized carbons (Fsp3) is 0.429. The van der Waals surface area contributed by atoms with Gasteiger partial charge in [0.2, 0.25) is 0 Å². The first kappa shape index (κ1) is 12.3. The number of aromatic nitrogens is 3. The molecular weight excluding hydrogens is 272 g/mol. The van der Waals surface area contributed by atoms with Crippen molar-refractivity contribution in [1.29, 1.82) is 0 Å². The van der Waals surface area contributed by atoms with Crippen molar-refractivity contribution < 1.29 is 9.32 Å².